The van der Waals surface area contributed by atoms with E-state index in [1.807, 2.05) is 19.9 Å². The number of hydrogen-bond donors (Lipinski definition) is 1. The van der Waals surface area contributed by atoms with Crippen LogP contribution < -0.4 is 15.8 Å². The fraction of sp³-hybridized carbons (Fsp3) is 0.455. The van der Waals surface area contributed by atoms with E-state index in [-0.39, 0.29) is 23.3 Å². The molecule has 170 valence electrons. The maximum Gasteiger partial charge on any atom is 0.274 e. The van der Waals surface area contributed by atoms with Crippen molar-refractivity contribution in [1.29, 1.82) is 0 Å². The van der Waals surface area contributed by atoms with Crippen molar-refractivity contribution < 1.29 is 4.79 Å². The van der Waals surface area contributed by atoms with Crippen LogP contribution in [-0.2, 0) is 4.79 Å². The van der Waals surface area contributed by atoms with Gasteiger partial charge in [-0.15, -0.1) is 0 Å². The molecule has 32 heavy (non-hydrogen) atoms. The van der Waals surface area contributed by atoms with Gasteiger partial charge in [-0.05, 0) is 44.7 Å². The number of hydrogen-bond acceptors (Lipinski definition) is 7. The highest BCUT2D eigenvalue weighted by Gasteiger charge is 2.23. The van der Waals surface area contributed by atoms with Crippen LogP contribution in [0.15, 0.2) is 34.2 Å². The highest BCUT2D eigenvalue weighted by molar-refractivity contribution is 7.99. The summed E-state index contributed by atoms with van der Waals surface area (Å²) in [6, 6.07) is 6.99. The quantitative estimate of drug-likeness (QED) is 0.383. The van der Waals surface area contributed by atoms with E-state index in [2.05, 4.69) is 27.1 Å². The van der Waals surface area contributed by atoms with E-state index in [1.165, 1.54) is 23.1 Å². The maximum atomic E-state index is 13.3. The van der Waals surface area contributed by atoms with Crippen molar-refractivity contribution in [2.24, 2.45) is 5.92 Å². The molecule has 3 heterocycles. The Morgan fingerprint density at radius 2 is 2.00 bits per heavy atom. The number of carbonyl (C=O) groups is 1. The second kappa shape index (κ2) is 9.80. The average Bonchev–Trinajstić information content (AvgIpc) is 3.19. The zero-order valence-electron chi connectivity index (χ0n) is 18.3. The Kier molecular flexibility index (Phi) is 7.07. The lowest BCUT2D eigenvalue weighted by Gasteiger charge is -2.29. The van der Waals surface area contributed by atoms with Gasteiger partial charge in [-0.2, -0.15) is 4.98 Å². The van der Waals surface area contributed by atoms with E-state index in [9.17, 15) is 9.59 Å². The molecule has 1 fully saturated rings. The molecule has 1 amide bonds. The number of anilines is 2. The smallest absolute Gasteiger partial charge is 0.274 e. The van der Waals surface area contributed by atoms with E-state index in [1.54, 1.807) is 22.8 Å². The topological polar surface area (TPSA) is 80.1 Å². The fourth-order valence-electron chi connectivity index (χ4n) is 3.63. The Labute approximate surface area is 200 Å². The van der Waals surface area contributed by atoms with Crippen LogP contribution in [0.3, 0.4) is 0 Å². The number of aromatic nitrogens is 3. The predicted molar refractivity (Wildman–Crippen MR) is 133 cm³/mol. The molecular formula is C22H26ClN5O2S2. The van der Waals surface area contributed by atoms with Gasteiger partial charge in [-0.3, -0.25) is 14.2 Å². The van der Waals surface area contributed by atoms with Crippen LogP contribution in [0.2, 0.25) is 5.02 Å². The van der Waals surface area contributed by atoms with Gasteiger partial charge in [0.15, 0.2) is 15.9 Å². The maximum absolute atomic E-state index is 13.3. The number of halogens is 1. The van der Waals surface area contributed by atoms with Gasteiger partial charge in [0.2, 0.25) is 5.91 Å². The van der Waals surface area contributed by atoms with Crippen molar-refractivity contribution in [1.82, 2.24) is 14.5 Å². The van der Waals surface area contributed by atoms with Crippen molar-refractivity contribution in [2.75, 3.05) is 29.1 Å². The minimum absolute atomic E-state index is 0.0880. The number of amides is 1. The molecule has 0 saturated carbocycles. The van der Waals surface area contributed by atoms with E-state index in [0.29, 0.717) is 26.2 Å². The molecule has 7 nitrogen and oxygen atoms in total. The predicted octanol–water partition coefficient (Wildman–Crippen LogP) is 5.05. The van der Waals surface area contributed by atoms with Gasteiger partial charge in [0.25, 0.3) is 5.56 Å². The monoisotopic (exact) mass is 491 g/mol. The summed E-state index contributed by atoms with van der Waals surface area (Å²) >= 11 is 8.77. The number of para-hydroxylation sites is 1. The van der Waals surface area contributed by atoms with Crippen LogP contribution in [0.1, 0.15) is 39.7 Å². The summed E-state index contributed by atoms with van der Waals surface area (Å²) < 4.78 is 2.22. The highest BCUT2D eigenvalue weighted by Crippen LogP contribution is 2.31. The van der Waals surface area contributed by atoms with Gasteiger partial charge in [-0.1, -0.05) is 53.8 Å². The first-order valence-corrected chi connectivity index (χ1v) is 12.9. The zero-order chi connectivity index (χ0) is 22.8. The molecule has 1 N–H and O–H groups in total. The molecule has 3 aromatic rings. The lowest BCUT2D eigenvalue weighted by atomic mass is 10.00. The van der Waals surface area contributed by atoms with Crippen molar-refractivity contribution in [3.63, 3.8) is 0 Å². The summed E-state index contributed by atoms with van der Waals surface area (Å²) in [7, 11) is 0. The lowest BCUT2D eigenvalue weighted by molar-refractivity contribution is -0.113. The molecular weight excluding hydrogens is 466 g/mol. The number of thiazole rings is 1. The SMILES string of the molecule is CC1CCN(c2nc3nc(SCC(=O)Nc4ccccc4Cl)n(C(C)C)c(=O)c3s2)CC1. The van der Waals surface area contributed by atoms with Crippen molar-refractivity contribution in [3.8, 4) is 0 Å². The molecule has 1 aliphatic heterocycles. The van der Waals surface area contributed by atoms with E-state index in [4.69, 9.17) is 11.6 Å². The first-order valence-electron chi connectivity index (χ1n) is 10.7. The van der Waals surface area contributed by atoms with E-state index < -0.39 is 0 Å². The number of fused-ring (bicyclic) bond motifs is 1. The number of rotatable bonds is 6. The molecule has 0 unspecified atom stereocenters. The van der Waals surface area contributed by atoms with Crippen LogP contribution in [-0.4, -0.2) is 39.3 Å². The minimum atomic E-state index is -0.214. The van der Waals surface area contributed by atoms with Crippen molar-refractivity contribution in [3.05, 3.63) is 39.6 Å². The Morgan fingerprint density at radius 1 is 1.28 bits per heavy atom. The lowest BCUT2D eigenvalue weighted by Crippen LogP contribution is -2.32. The molecule has 4 rings (SSSR count). The third-order valence-corrected chi connectivity index (χ3v) is 7.85. The molecule has 0 aliphatic carbocycles. The summed E-state index contributed by atoms with van der Waals surface area (Å²) in [6.45, 7) is 8.05. The minimum Gasteiger partial charge on any atom is -0.348 e. The van der Waals surface area contributed by atoms with Crippen LogP contribution in [0.5, 0.6) is 0 Å². The summed E-state index contributed by atoms with van der Waals surface area (Å²) in [4.78, 5) is 37.3. The van der Waals surface area contributed by atoms with Crippen molar-refractivity contribution in [2.45, 2.75) is 44.8 Å². The Bertz CT molecular complexity index is 1180. The first kappa shape index (κ1) is 23.1. The van der Waals surface area contributed by atoms with Gasteiger partial charge in [0, 0.05) is 19.1 Å². The number of carbonyl (C=O) groups excluding carboxylic acids is 1. The van der Waals surface area contributed by atoms with E-state index in [0.717, 1.165) is 37.0 Å². The second-order valence-corrected chi connectivity index (χ2v) is 10.6. The average molecular weight is 492 g/mol. The number of nitrogens with zero attached hydrogens (tertiary/aromatic N) is 4. The second-order valence-electron chi connectivity index (χ2n) is 8.30. The van der Waals surface area contributed by atoms with Gasteiger partial charge < -0.3 is 10.2 Å². The number of benzene rings is 1. The van der Waals surface area contributed by atoms with Crippen molar-refractivity contribution >= 4 is 61.8 Å². The number of thioether (sulfide) groups is 1. The van der Waals surface area contributed by atoms with Gasteiger partial charge >= 0.3 is 0 Å². The largest absolute Gasteiger partial charge is 0.348 e. The van der Waals surface area contributed by atoms with Gasteiger partial charge in [-0.25, -0.2) is 4.98 Å². The summed E-state index contributed by atoms with van der Waals surface area (Å²) in [5, 5.41) is 4.63. The van der Waals surface area contributed by atoms with Crippen LogP contribution in [0.25, 0.3) is 10.3 Å². The summed E-state index contributed by atoms with van der Waals surface area (Å²) in [6.07, 6.45) is 2.25. The highest BCUT2D eigenvalue weighted by atomic mass is 35.5. The molecule has 2 aromatic heterocycles. The third-order valence-electron chi connectivity index (χ3n) is 5.47. The number of nitrogens with one attached hydrogen (secondary N) is 1. The normalized spacial score (nSPS) is 15.0. The molecule has 0 radical (unpaired) electrons. The summed E-state index contributed by atoms with van der Waals surface area (Å²) in [5.74, 6) is 0.614. The molecule has 1 aliphatic rings. The standard InChI is InChI=1S/C22H26ClN5O2S2/c1-13(2)28-20(30)18-19(25-21(32-18)27-10-8-14(3)9-11-27)26-22(28)31-12-17(29)24-16-7-5-4-6-15(16)23/h4-7,13-14H,8-12H2,1-3H3,(H,24,29). The molecule has 1 aromatic carbocycles. The first-order chi connectivity index (χ1) is 15.3. The summed E-state index contributed by atoms with van der Waals surface area (Å²) in [5.41, 5.74) is 0.914. The Balaban J connectivity index is 1.57. The molecule has 10 heteroatoms. The molecule has 1 saturated heterocycles. The molecule has 0 spiro atoms. The molecule has 0 bridgehead atoms. The van der Waals surface area contributed by atoms with Crippen LogP contribution in [0, 0.1) is 5.92 Å². The zero-order valence-corrected chi connectivity index (χ0v) is 20.7. The molecule has 0 atom stereocenters. The van der Waals surface area contributed by atoms with Gasteiger partial charge in [0.1, 0.15) is 4.70 Å². The van der Waals surface area contributed by atoms with Crippen LogP contribution in [0.4, 0.5) is 10.8 Å². The number of piperidine rings is 1. The van der Waals surface area contributed by atoms with Gasteiger partial charge in [0.05, 0.1) is 16.5 Å². The third kappa shape index (κ3) is 4.94. The van der Waals surface area contributed by atoms with E-state index >= 15 is 0 Å². The van der Waals surface area contributed by atoms with Crippen LogP contribution >= 0.6 is 34.7 Å². The fourth-order valence-corrected chi connectivity index (χ4v) is 5.72. The Hall–Kier alpha value is -2.10. The Morgan fingerprint density at radius 3 is 2.69 bits per heavy atom.